The van der Waals surface area contributed by atoms with Crippen LogP contribution in [0.3, 0.4) is 0 Å². The average molecular weight is 141 g/mol. The zero-order chi connectivity index (χ0) is 7.82. The summed E-state index contributed by atoms with van der Waals surface area (Å²) in [6, 6.07) is 0. The maximum atomic E-state index is 8.78. The standard InChI is InChI=1S/C4H4N2.CH3NO2/c1-2-6-4-3-5-1;2-1(3)4/h1-4H;2H2,(H,3,4). The molecule has 0 atom stereocenters. The number of carbonyl (C=O) groups is 1. The number of amides is 1. The molecule has 10 heavy (non-hydrogen) atoms. The van der Waals surface area contributed by atoms with E-state index in [4.69, 9.17) is 9.90 Å². The Morgan fingerprint density at radius 3 is 1.50 bits per heavy atom. The molecule has 5 nitrogen and oxygen atoms in total. The van der Waals surface area contributed by atoms with Gasteiger partial charge >= 0.3 is 6.09 Å². The molecule has 0 unspecified atom stereocenters. The van der Waals surface area contributed by atoms with Gasteiger partial charge in [0.2, 0.25) is 0 Å². The minimum Gasteiger partial charge on any atom is -0.465 e. The lowest BCUT2D eigenvalue weighted by atomic mass is 10.8. The molecular weight excluding hydrogens is 134 g/mol. The first kappa shape index (κ1) is 8.35. The second kappa shape index (κ2) is 5.49. The molecule has 54 valence electrons. The van der Waals surface area contributed by atoms with E-state index in [1.807, 2.05) is 0 Å². The molecule has 0 aliphatic carbocycles. The molecule has 0 radical (unpaired) electrons. The molecule has 0 aliphatic heterocycles. The lowest BCUT2D eigenvalue weighted by molar-refractivity contribution is 0.205. The van der Waals surface area contributed by atoms with Gasteiger partial charge in [-0.25, -0.2) is 4.79 Å². The van der Waals surface area contributed by atoms with Gasteiger partial charge in [-0.1, -0.05) is 0 Å². The fourth-order valence-electron chi connectivity index (χ4n) is 0.253. The van der Waals surface area contributed by atoms with Crippen LogP contribution in [0.15, 0.2) is 24.8 Å². The zero-order valence-electron chi connectivity index (χ0n) is 5.14. The minimum atomic E-state index is -1.33. The Kier molecular flexibility index (Phi) is 4.58. The Morgan fingerprint density at radius 1 is 1.20 bits per heavy atom. The van der Waals surface area contributed by atoms with Crippen molar-refractivity contribution in [3.05, 3.63) is 24.8 Å². The highest BCUT2D eigenvalue weighted by Gasteiger charge is 1.65. The molecule has 0 bridgehead atoms. The molecule has 1 amide bonds. The van der Waals surface area contributed by atoms with Gasteiger partial charge in [-0.15, -0.1) is 0 Å². The number of nitrogens with zero attached hydrogens (tertiary/aromatic N) is 2. The van der Waals surface area contributed by atoms with Crippen molar-refractivity contribution in [3.8, 4) is 0 Å². The van der Waals surface area contributed by atoms with Crippen LogP contribution in [0.1, 0.15) is 0 Å². The van der Waals surface area contributed by atoms with Gasteiger partial charge in [0.1, 0.15) is 0 Å². The summed E-state index contributed by atoms with van der Waals surface area (Å²) in [6.45, 7) is 0. The van der Waals surface area contributed by atoms with Crippen LogP contribution >= 0.6 is 0 Å². The van der Waals surface area contributed by atoms with Gasteiger partial charge in [0.05, 0.1) is 0 Å². The van der Waals surface area contributed by atoms with Crippen molar-refractivity contribution < 1.29 is 9.90 Å². The van der Waals surface area contributed by atoms with Crippen LogP contribution in [0.4, 0.5) is 4.79 Å². The van der Waals surface area contributed by atoms with Crippen molar-refractivity contribution >= 4 is 6.09 Å². The lowest BCUT2D eigenvalue weighted by Gasteiger charge is -1.70. The lowest BCUT2D eigenvalue weighted by Crippen LogP contribution is -2.03. The summed E-state index contributed by atoms with van der Waals surface area (Å²) >= 11 is 0. The molecule has 5 heteroatoms. The van der Waals surface area contributed by atoms with Crippen LogP contribution in [-0.4, -0.2) is 21.2 Å². The second-order valence-electron chi connectivity index (χ2n) is 1.23. The molecule has 0 saturated carbocycles. The molecule has 1 aromatic heterocycles. The summed E-state index contributed by atoms with van der Waals surface area (Å²) in [5.74, 6) is 0. The van der Waals surface area contributed by atoms with E-state index in [9.17, 15) is 0 Å². The number of carboxylic acid groups (broad SMARTS) is 1. The highest BCUT2D eigenvalue weighted by atomic mass is 16.4. The van der Waals surface area contributed by atoms with Crippen LogP contribution in [0.25, 0.3) is 0 Å². The van der Waals surface area contributed by atoms with E-state index in [0.29, 0.717) is 0 Å². The normalized spacial score (nSPS) is 7.20. The van der Waals surface area contributed by atoms with Crippen molar-refractivity contribution in [1.82, 2.24) is 9.97 Å². The van der Waals surface area contributed by atoms with Gasteiger partial charge in [-0.05, 0) is 0 Å². The van der Waals surface area contributed by atoms with Gasteiger partial charge < -0.3 is 10.8 Å². The van der Waals surface area contributed by atoms with Gasteiger partial charge in [-0.2, -0.15) is 0 Å². The molecule has 0 spiro atoms. The molecule has 1 heterocycles. The number of primary amides is 1. The van der Waals surface area contributed by atoms with Gasteiger partial charge in [0.15, 0.2) is 0 Å². The third-order valence-corrected chi connectivity index (χ3v) is 0.478. The first-order valence-electron chi connectivity index (χ1n) is 2.42. The Bertz CT molecular complexity index is 147. The minimum absolute atomic E-state index is 1.33. The highest BCUT2D eigenvalue weighted by Crippen LogP contribution is 1.65. The number of aromatic nitrogens is 2. The predicted octanol–water partition coefficient (Wildman–Crippen LogP) is 0.0997. The monoisotopic (exact) mass is 141 g/mol. The highest BCUT2D eigenvalue weighted by molar-refractivity contribution is 5.61. The number of rotatable bonds is 0. The third-order valence-electron chi connectivity index (χ3n) is 0.478. The summed E-state index contributed by atoms with van der Waals surface area (Å²) < 4.78 is 0. The van der Waals surface area contributed by atoms with Gasteiger partial charge in [0, 0.05) is 24.8 Å². The summed E-state index contributed by atoms with van der Waals surface area (Å²) in [7, 11) is 0. The number of nitrogens with two attached hydrogens (primary N) is 1. The molecule has 1 rings (SSSR count). The van der Waals surface area contributed by atoms with Crippen LogP contribution in [0.5, 0.6) is 0 Å². The van der Waals surface area contributed by atoms with E-state index in [1.165, 1.54) is 0 Å². The van der Waals surface area contributed by atoms with E-state index in [1.54, 1.807) is 24.8 Å². The first-order chi connectivity index (χ1) is 4.73. The quantitative estimate of drug-likeness (QED) is 0.536. The van der Waals surface area contributed by atoms with E-state index in [-0.39, 0.29) is 0 Å². The maximum Gasteiger partial charge on any atom is 0.402 e. The third kappa shape index (κ3) is 9.61. The fraction of sp³-hybridized carbons (Fsp3) is 0. The van der Waals surface area contributed by atoms with Crippen molar-refractivity contribution in [2.75, 3.05) is 0 Å². The predicted molar refractivity (Wildman–Crippen MR) is 34.2 cm³/mol. The fourth-order valence-corrected chi connectivity index (χ4v) is 0.253. The maximum absolute atomic E-state index is 8.78. The molecule has 0 fully saturated rings. The van der Waals surface area contributed by atoms with E-state index in [0.717, 1.165) is 0 Å². The van der Waals surface area contributed by atoms with Crippen molar-refractivity contribution in [2.24, 2.45) is 5.73 Å². The van der Waals surface area contributed by atoms with Gasteiger partial charge in [-0.3, -0.25) is 9.97 Å². The van der Waals surface area contributed by atoms with Crippen molar-refractivity contribution in [1.29, 1.82) is 0 Å². The molecular formula is C5H7N3O2. The SMILES string of the molecule is NC(=O)O.c1cnccn1. The largest absolute Gasteiger partial charge is 0.465 e. The Morgan fingerprint density at radius 2 is 1.40 bits per heavy atom. The Balaban J connectivity index is 0.000000180. The molecule has 0 saturated heterocycles. The summed E-state index contributed by atoms with van der Waals surface area (Å²) in [6.07, 6.45) is 5.22. The van der Waals surface area contributed by atoms with E-state index >= 15 is 0 Å². The van der Waals surface area contributed by atoms with Gasteiger partial charge in [0.25, 0.3) is 0 Å². The smallest absolute Gasteiger partial charge is 0.402 e. The van der Waals surface area contributed by atoms with Crippen LogP contribution in [-0.2, 0) is 0 Å². The van der Waals surface area contributed by atoms with E-state index < -0.39 is 6.09 Å². The van der Waals surface area contributed by atoms with Crippen molar-refractivity contribution in [3.63, 3.8) is 0 Å². The van der Waals surface area contributed by atoms with Crippen LogP contribution in [0.2, 0.25) is 0 Å². The summed E-state index contributed by atoms with van der Waals surface area (Å²) in [4.78, 5) is 16.2. The first-order valence-corrected chi connectivity index (χ1v) is 2.42. The molecule has 1 aromatic rings. The Labute approximate surface area is 57.5 Å². The number of hydrogen-bond acceptors (Lipinski definition) is 3. The van der Waals surface area contributed by atoms with Crippen LogP contribution < -0.4 is 5.73 Å². The summed E-state index contributed by atoms with van der Waals surface area (Å²) in [5, 5.41) is 7.19. The topological polar surface area (TPSA) is 89.1 Å². The van der Waals surface area contributed by atoms with E-state index in [2.05, 4.69) is 15.7 Å². The molecule has 3 N–H and O–H groups in total. The molecule has 0 aliphatic rings. The zero-order valence-corrected chi connectivity index (χ0v) is 5.14. The molecule has 0 aromatic carbocycles. The second-order valence-corrected chi connectivity index (χ2v) is 1.23. The van der Waals surface area contributed by atoms with Crippen molar-refractivity contribution in [2.45, 2.75) is 0 Å². The average Bonchev–Trinajstić information content (AvgIpc) is 1.90. The summed E-state index contributed by atoms with van der Waals surface area (Å²) in [5.41, 5.74) is 4.03. The van der Waals surface area contributed by atoms with Crippen LogP contribution in [0, 0.1) is 0 Å². The Hall–Kier alpha value is -1.65. The number of hydrogen-bond donors (Lipinski definition) is 2.